The van der Waals surface area contributed by atoms with Crippen molar-refractivity contribution in [3.8, 4) is 5.69 Å². The topological polar surface area (TPSA) is 54.2 Å². The predicted molar refractivity (Wildman–Crippen MR) is 67.4 cm³/mol. The Morgan fingerprint density at radius 1 is 1.28 bits per heavy atom. The lowest BCUT2D eigenvalue weighted by Crippen LogP contribution is -2.31. The number of benzene rings is 1. The minimum atomic E-state index is -0.853. The molecule has 1 unspecified atom stereocenters. The Balaban J connectivity index is 2.02. The van der Waals surface area contributed by atoms with E-state index >= 15 is 0 Å². The fourth-order valence-corrected chi connectivity index (χ4v) is 2.50. The summed E-state index contributed by atoms with van der Waals surface area (Å²) in [6.07, 6.45) is 2.37. The van der Waals surface area contributed by atoms with Crippen LogP contribution in [0.2, 0.25) is 0 Å². The van der Waals surface area contributed by atoms with Gasteiger partial charge in [0.2, 0.25) is 0 Å². The number of para-hydroxylation sites is 1. The molecule has 5 heteroatoms. The second-order valence-electron chi connectivity index (χ2n) is 4.89. The number of likely N-dealkylation sites (tertiary alicyclic amines) is 1. The van der Waals surface area contributed by atoms with Crippen molar-refractivity contribution in [1.29, 1.82) is 0 Å². The van der Waals surface area contributed by atoms with Crippen molar-refractivity contribution in [2.45, 2.75) is 12.0 Å². The standard InChI is InChI=1S/C13H16N4O/c1-16-8-7-13(18,10-16)12-9-14-15-17(12)11-5-3-2-4-6-11/h2-6,9,18H,7-8,10H2,1H3. The zero-order valence-corrected chi connectivity index (χ0v) is 10.3. The Morgan fingerprint density at radius 3 is 2.72 bits per heavy atom. The summed E-state index contributed by atoms with van der Waals surface area (Å²) in [4.78, 5) is 2.11. The van der Waals surface area contributed by atoms with E-state index in [0.29, 0.717) is 13.0 Å². The fourth-order valence-electron chi connectivity index (χ4n) is 2.50. The van der Waals surface area contributed by atoms with Gasteiger partial charge in [-0.1, -0.05) is 23.4 Å². The molecular formula is C13H16N4O. The molecule has 1 aliphatic rings. The number of hydrogen-bond donors (Lipinski definition) is 1. The quantitative estimate of drug-likeness (QED) is 0.848. The highest BCUT2D eigenvalue weighted by Gasteiger charge is 2.39. The molecule has 0 spiro atoms. The van der Waals surface area contributed by atoms with E-state index in [9.17, 15) is 5.11 Å². The number of nitrogens with zero attached hydrogens (tertiary/aromatic N) is 4. The highest BCUT2D eigenvalue weighted by atomic mass is 16.3. The Bertz CT molecular complexity index is 539. The first-order valence-electron chi connectivity index (χ1n) is 6.07. The van der Waals surface area contributed by atoms with Gasteiger partial charge in [-0.25, -0.2) is 4.68 Å². The summed E-state index contributed by atoms with van der Waals surface area (Å²) >= 11 is 0. The zero-order chi connectivity index (χ0) is 12.6. The van der Waals surface area contributed by atoms with Gasteiger partial charge < -0.3 is 10.0 Å². The van der Waals surface area contributed by atoms with Crippen LogP contribution in [0.15, 0.2) is 36.5 Å². The molecule has 1 saturated heterocycles. The van der Waals surface area contributed by atoms with Gasteiger partial charge in [-0.15, -0.1) is 5.10 Å². The van der Waals surface area contributed by atoms with Crippen molar-refractivity contribution >= 4 is 0 Å². The molecule has 0 bridgehead atoms. The van der Waals surface area contributed by atoms with Crippen LogP contribution in [0.25, 0.3) is 5.69 Å². The SMILES string of the molecule is CN1CCC(O)(c2cnnn2-c2ccccc2)C1. The lowest BCUT2D eigenvalue weighted by molar-refractivity contribution is 0.0420. The summed E-state index contributed by atoms with van der Waals surface area (Å²) < 4.78 is 1.72. The summed E-state index contributed by atoms with van der Waals surface area (Å²) in [7, 11) is 2.01. The Labute approximate surface area is 106 Å². The minimum absolute atomic E-state index is 0.618. The molecule has 1 aromatic heterocycles. The first-order chi connectivity index (χ1) is 8.69. The number of rotatable bonds is 2. The van der Waals surface area contributed by atoms with Crippen LogP contribution in [0.4, 0.5) is 0 Å². The first kappa shape index (κ1) is 11.4. The summed E-state index contributed by atoms with van der Waals surface area (Å²) in [6, 6.07) is 9.77. The first-order valence-corrected chi connectivity index (χ1v) is 6.07. The number of aromatic nitrogens is 3. The second kappa shape index (κ2) is 4.19. The molecule has 18 heavy (non-hydrogen) atoms. The molecular weight excluding hydrogens is 228 g/mol. The van der Waals surface area contributed by atoms with Crippen LogP contribution >= 0.6 is 0 Å². The Kier molecular flexibility index (Phi) is 2.65. The molecule has 0 amide bonds. The largest absolute Gasteiger partial charge is 0.382 e. The van der Waals surface area contributed by atoms with Crippen LogP contribution in [-0.2, 0) is 5.60 Å². The van der Waals surface area contributed by atoms with Gasteiger partial charge in [0.25, 0.3) is 0 Å². The lowest BCUT2D eigenvalue weighted by atomic mass is 9.99. The van der Waals surface area contributed by atoms with Crippen molar-refractivity contribution in [3.05, 3.63) is 42.2 Å². The van der Waals surface area contributed by atoms with Gasteiger partial charge in [0.1, 0.15) is 5.60 Å². The maximum atomic E-state index is 10.7. The third-order valence-electron chi connectivity index (χ3n) is 3.47. The Morgan fingerprint density at radius 2 is 2.06 bits per heavy atom. The van der Waals surface area contributed by atoms with E-state index < -0.39 is 5.60 Å². The molecule has 1 N–H and O–H groups in total. The van der Waals surface area contributed by atoms with Gasteiger partial charge in [-0.05, 0) is 25.6 Å². The minimum Gasteiger partial charge on any atom is -0.382 e. The van der Waals surface area contributed by atoms with Gasteiger partial charge in [-0.2, -0.15) is 0 Å². The average molecular weight is 244 g/mol. The van der Waals surface area contributed by atoms with Crippen LogP contribution in [0.1, 0.15) is 12.1 Å². The van der Waals surface area contributed by atoms with Crippen molar-refractivity contribution in [2.24, 2.45) is 0 Å². The Hall–Kier alpha value is -1.72. The number of hydrogen-bond acceptors (Lipinski definition) is 4. The molecule has 1 atom stereocenters. The van der Waals surface area contributed by atoms with Gasteiger partial charge in [0, 0.05) is 13.1 Å². The van der Waals surface area contributed by atoms with Crippen molar-refractivity contribution in [3.63, 3.8) is 0 Å². The third kappa shape index (κ3) is 1.81. The molecule has 0 aliphatic carbocycles. The molecule has 0 saturated carbocycles. The monoisotopic (exact) mass is 244 g/mol. The van der Waals surface area contributed by atoms with Crippen LogP contribution in [0.5, 0.6) is 0 Å². The van der Waals surface area contributed by atoms with Gasteiger partial charge in [0.05, 0.1) is 17.6 Å². The average Bonchev–Trinajstić information content (AvgIpc) is 2.98. The van der Waals surface area contributed by atoms with E-state index in [-0.39, 0.29) is 0 Å². The highest BCUT2D eigenvalue weighted by Crippen LogP contribution is 2.31. The van der Waals surface area contributed by atoms with Crippen LogP contribution in [0.3, 0.4) is 0 Å². The zero-order valence-electron chi connectivity index (χ0n) is 10.3. The van der Waals surface area contributed by atoms with E-state index in [1.165, 1.54) is 0 Å². The number of β-amino-alcohol motifs (C(OH)–C–C–N with tert-alkyl or cyclic N) is 1. The van der Waals surface area contributed by atoms with Crippen LogP contribution in [0, 0.1) is 0 Å². The number of likely N-dealkylation sites (N-methyl/N-ethyl adjacent to an activating group) is 1. The highest BCUT2D eigenvalue weighted by molar-refractivity contribution is 5.33. The van der Waals surface area contributed by atoms with E-state index in [4.69, 9.17) is 0 Å². The van der Waals surface area contributed by atoms with Gasteiger partial charge >= 0.3 is 0 Å². The third-order valence-corrected chi connectivity index (χ3v) is 3.47. The van der Waals surface area contributed by atoms with E-state index in [0.717, 1.165) is 17.9 Å². The molecule has 2 heterocycles. The molecule has 94 valence electrons. The maximum absolute atomic E-state index is 10.7. The molecule has 0 radical (unpaired) electrons. The molecule has 3 rings (SSSR count). The molecule has 1 aromatic carbocycles. The van der Waals surface area contributed by atoms with E-state index in [1.807, 2.05) is 37.4 Å². The van der Waals surface area contributed by atoms with Crippen molar-refractivity contribution < 1.29 is 5.11 Å². The normalized spacial score (nSPS) is 24.6. The predicted octanol–water partition coefficient (Wildman–Crippen LogP) is 0.790. The van der Waals surface area contributed by atoms with E-state index in [2.05, 4.69) is 15.2 Å². The number of aliphatic hydroxyl groups is 1. The summed E-state index contributed by atoms with van der Waals surface area (Å²) in [5.74, 6) is 0. The van der Waals surface area contributed by atoms with Crippen LogP contribution in [-0.4, -0.2) is 45.1 Å². The second-order valence-corrected chi connectivity index (χ2v) is 4.89. The smallest absolute Gasteiger partial charge is 0.122 e. The van der Waals surface area contributed by atoms with Crippen LogP contribution < -0.4 is 0 Å². The molecule has 5 nitrogen and oxygen atoms in total. The van der Waals surface area contributed by atoms with Crippen molar-refractivity contribution in [2.75, 3.05) is 20.1 Å². The summed E-state index contributed by atoms with van der Waals surface area (Å²) in [5, 5.41) is 18.8. The summed E-state index contributed by atoms with van der Waals surface area (Å²) in [5.41, 5.74) is 0.833. The fraction of sp³-hybridized carbons (Fsp3) is 0.385. The van der Waals surface area contributed by atoms with Gasteiger partial charge in [0.15, 0.2) is 0 Å². The summed E-state index contributed by atoms with van der Waals surface area (Å²) in [6.45, 7) is 1.50. The van der Waals surface area contributed by atoms with E-state index in [1.54, 1.807) is 10.9 Å². The maximum Gasteiger partial charge on any atom is 0.122 e. The molecule has 2 aromatic rings. The lowest BCUT2D eigenvalue weighted by Gasteiger charge is -2.22. The molecule has 1 aliphatic heterocycles. The van der Waals surface area contributed by atoms with Crippen molar-refractivity contribution in [1.82, 2.24) is 19.9 Å². The van der Waals surface area contributed by atoms with Gasteiger partial charge in [-0.3, -0.25) is 0 Å². The molecule has 1 fully saturated rings.